The predicted molar refractivity (Wildman–Crippen MR) is 99.3 cm³/mol. The van der Waals surface area contributed by atoms with Crippen molar-refractivity contribution < 1.29 is 19.4 Å². The highest BCUT2D eigenvalue weighted by atomic mass is 79.9. The molecule has 1 aliphatic rings. The van der Waals surface area contributed by atoms with Gasteiger partial charge in [0, 0.05) is 16.6 Å². The quantitative estimate of drug-likeness (QED) is 0.726. The van der Waals surface area contributed by atoms with Crippen molar-refractivity contribution in [2.75, 3.05) is 6.61 Å². The average Bonchev–Trinajstić information content (AvgIpc) is 3.12. The maximum Gasteiger partial charge on any atom is 0.513 e. The van der Waals surface area contributed by atoms with Crippen molar-refractivity contribution in [2.24, 2.45) is 0 Å². The van der Waals surface area contributed by atoms with Gasteiger partial charge in [-0.15, -0.1) is 0 Å². The van der Waals surface area contributed by atoms with E-state index in [9.17, 15) is 9.90 Å². The van der Waals surface area contributed by atoms with Gasteiger partial charge in [-0.2, -0.15) is 0 Å². The fraction of sp³-hybridized carbons (Fsp3) is 0.421. The van der Waals surface area contributed by atoms with Crippen LogP contribution in [0.2, 0.25) is 0 Å². The SMILES string of the molecule is CCOC(=O)Oc1c(-c2c(Br)cc(C)cc2CC)c(O)n2c1CCC2. The molecule has 0 saturated heterocycles. The third-order valence-corrected chi connectivity index (χ3v) is 5.11. The average molecular weight is 408 g/mol. The summed E-state index contributed by atoms with van der Waals surface area (Å²) in [6, 6.07) is 4.10. The zero-order valence-corrected chi connectivity index (χ0v) is 16.3. The van der Waals surface area contributed by atoms with E-state index >= 15 is 0 Å². The number of benzene rings is 1. The van der Waals surface area contributed by atoms with E-state index in [-0.39, 0.29) is 12.5 Å². The molecule has 1 aromatic carbocycles. The van der Waals surface area contributed by atoms with Gasteiger partial charge in [0.1, 0.15) is 0 Å². The fourth-order valence-corrected chi connectivity index (χ4v) is 4.28. The molecule has 0 fully saturated rings. The maximum absolute atomic E-state index is 12.0. The largest absolute Gasteiger partial charge is 0.513 e. The van der Waals surface area contributed by atoms with Gasteiger partial charge < -0.3 is 19.1 Å². The van der Waals surface area contributed by atoms with Crippen molar-refractivity contribution in [2.45, 2.75) is 46.6 Å². The Morgan fingerprint density at radius 1 is 1.32 bits per heavy atom. The van der Waals surface area contributed by atoms with Gasteiger partial charge in [0.15, 0.2) is 5.75 Å². The van der Waals surface area contributed by atoms with Crippen LogP contribution in [0, 0.1) is 6.92 Å². The van der Waals surface area contributed by atoms with Gasteiger partial charge in [-0.05, 0) is 50.3 Å². The minimum Gasteiger partial charge on any atom is -0.494 e. The number of aromatic hydroxyl groups is 1. The lowest BCUT2D eigenvalue weighted by Gasteiger charge is -2.14. The molecule has 134 valence electrons. The molecule has 2 heterocycles. The van der Waals surface area contributed by atoms with Gasteiger partial charge in [0.05, 0.1) is 17.9 Å². The summed E-state index contributed by atoms with van der Waals surface area (Å²) in [7, 11) is 0. The Bertz CT molecular complexity index is 826. The van der Waals surface area contributed by atoms with Gasteiger partial charge in [0.2, 0.25) is 5.88 Å². The van der Waals surface area contributed by atoms with E-state index in [0.717, 1.165) is 46.1 Å². The standard InChI is InChI=1S/C19H22BrNO4/c1-4-12-9-11(3)10-13(20)15(12)16-17(25-19(23)24-5-2)14-7-6-8-21(14)18(16)22/h9-10,22H,4-8H2,1-3H3. The lowest BCUT2D eigenvalue weighted by atomic mass is 9.96. The first kappa shape index (κ1) is 17.9. The van der Waals surface area contributed by atoms with Gasteiger partial charge in [0.25, 0.3) is 0 Å². The van der Waals surface area contributed by atoms with Crippen molar-refractivity contribution in [3.05, 3.63) is 33.4 Å². The zero-order chi connectivity index (χ0) is 18.1. The minimum absolute atomic E-state index is 0.144. The van der Waals surface area contributed by atoms with E-state index in [0.29, 0.717) is 17.9 Å². The molecule has 0 bridgehead atoms. The number of halogens is 1. The van der Waals surface area contributed by atoms with Crippen molar-refractivity contribution in [3.63, 3.8) is 0 Å². The molecule has 1 aromatic heterocycles. The summed E-state index contributed by atoms with van der Waals surface area (Å²) < 4.78 is 13.2. The Labute approximate surface area is 155 Å². The van der Waals surface area contributed by atoms with Gasteiger partial charge in [-0.3, -0.25) is 0 Å². The van der Waals surface area contributed by atoms with Crippen LogP contribution in [0.3, 0.4) is 0 Å². The minimum atomic E-state index is -0.745. The first-order valence-corrected chi connectivity index (χ1v) is 9.35. The maximum atomic E-state index is 12.0. The summed E-state index contributed by atoms with van der Waals surface area (Å²) in [5, 5.41) is 10.9. The molecule has 0 atom stereocenters. The molecule has 3 rings (SSSR count). The van der Waals surface area contributed by atoms with Gasteiger partial charge >= 0.3 is 6.16 Å². The topological polar surface area (TPSA) is 60.7 Å². The summed E-state index contributed by atoms with van der Waals surface area (Å²) in [6.07, 6.45) is 1.73. The second kappa shape index (κ2) is 7.12. The molecule has 0 saturated carbocycles. The molecule has 25 heavy (non-hydrogen) atoms. The molecular formula is C19H22BrNO4. The number of aryl methyl sites for hydroxylation is 2. The molecule has 0 unspecified atom stereocenters. The number of hydrogen-bond acceptors (Lipinski definition) is 4. The Morgan fingerprint density at radius 2 is 2.08 bits per heavy atom. The molecule has 5 nitrogen and oxygen atoms in total. The van der Waals surface area contributed by atoms with Gasteiger partial charge in [-0.1, -0.05) is 28.9 Å². The predicted octanol–water partition coefficient (Wildman–Crippen LogP) is 4.98. The molecular weight excluding hydrogens is 386 g/mol. The fourth-order valence-electron chi connectivity index (χ4n) is 3.46. The van der Waals surface area contributed by atoms with Crippen LogP contribution in [0.15, 0.2) is 16.6 Å². The highest BCUT2D eigenvalue weighted by molar-refractivity contribution is 9.10. The first-order valence-electron chi connectivity index (χ1n) is 8.56. The van der Waals surface area contributed by atoms with E-state index in [1.807, 2.05) is 17.6 Å². The van der Waals surface area contributed by atoms with Crippen LogP contribution in [0.4, 0.5) is 4.79 Å². The molecule has 0 aliphatic carbocycles. The highest BCUT2D eigenvalue weighted by Gasteiger charge is 2.31. The van der Waals surface area contributed by atoms with Crippen molar-refractivity contribution >= 4 is 22.1 Å². The summed E-state index contributed by atoms with van der Waals surface area (Å²) in [5.41, 5.74) is 4.49. The van der Waals surface area contributed by atoms with E-state index in [4.69, 9.17) is 9.47 Å². The van der Waals surface area contributed by atoms with Crippen LogP contribution in [0.1, 0.15) is 37.1 Å². The first-order chi connectivity index (χ1) is 12.0. The van der Waals surface area contributed by atoms with Crippen LogP contribution in [-0.4, -0.2) is 22.4 Å². The number of fused-ring (bicyclic) bond motifs is 1. The number of ether oxygens (including phenoxy) is 2. The van der Waals surface area contributed by atoms with Crippen LogP contribution in [0.25, 0.3) is 11.1 Å². The van der Waals surface area contributed by atoms with Crippen LogP contribution < -0.4 is 4.74 Å². The third kappa shape index (κ3) is 3.15. The van der Waals surface area contributed by atoms with Crippen molar-refractivity contribution in [1.29, 1.82) is 0 Å². The summed E-state index contributed by atoms with van der Waals surface area (Å²) in [5.74, 6) is 0.554. The summed E-state index contributed by atoms with van der Waals surface area (Å²) >= 11 is 3.62. The number of carbonyl (C=O) groups excluding carboxylic acids is 1. The normalized spacial score (nSPS) is 13.0. The Kier molecular flexibility index (Phi) is 5.08. The molecule has 0 radical (unpaired) electrons. The monoisotopic (exact) mass is 407 g/mol. The molecule has 0 spiro atoms. The summed E-state index contributed by atoms with van der Waals surface area (Å²) in [4.78, 5) is 12.0. The van der Waals surface area contributed by atoms with Gasteiger partial charge in [-0.25, -0.2) is 4.79 Å². The molecule has 1 N–H and O–H groups in total. The van der Waals surface area contributed by atoms with E-state index in [2.05, 4.69) is 28.9 Å². The number of rotatable bonds is 4. The second-order valence-electron chi connectivity index (χ2n) is 6.15. The van der Waals surface area contributed by atoms with Crippen LogP contribution >= 0.6 is 15.9 Å². The summed E-state index contributed by atoms with van der Waals surface area (Å²) in [6.45, 7) is 6.78. The van der Waals surface area contributed by atoms with E-state index in [1.165, 1.54) is 0 Å². The number of carbonyl (C=O) groups is 1. The van der Waals surface area contributed by atoms with Crippen LogP contribution in [0.5, 0.6) is 11.6 Å². The van der Waals surface area contributed by atoms with E-state index in [1.54, 1.807) is 6.92 Å². The second-order valence-corrected chi connectivity index (χ2v) is 7.00. The van der Waals surface area contributed by atoms with Crippen molar-refractivity contribution in [3.8, 4) is 22.8 Å². The third-order valence-electron chi connectivity index (χ3n) is 4.48. The lowest BCUT2D eigenvalue weighted by molar-refractivity contribution is 0.104. The zero-order valence-electron chi connectivity index (χ0n) is 14.7. The molecule has 6 heteroatoms. The Hall–Kier alpha value is -1.95. The highest BCUT2D eigenvalue weighted by Crippen LogP contribution is 2.49. The van der Waals surface area contributed by atoms with E-state index < -0.39 is 6.16 Å². The van der Waals surface area contributed by atoms with Crippen LogP contribution in [-0.2, 0) is 24.1 Å². The smallest absolute Gasteiger partial charge is 0.494 e. The Balaban J connectivity index is 2.22. The molecule has 2 aromatic rings. The van der Waals surface area contributed by atoms with Crippen molar-refractivity contribution in [1.82, 2.24) is 4.57 Å². The lowest BCUT2D eigenvalue weighted by Crippen LogP contribution is -2.11. The molecule has 0 amide bonds. The molecule has 1 aliphatic heterocycles. The number of nitrogens with zero attached hydrogens (tertiary/aromatic N) is 1. The number of aromatic nitrogens is 1. The number of hydrogen-bond donors (Lipinski definition) is 1. The Morgan fingerprint density at radius 3 is 2.76 bits per heavy atom.